The van der Waals surface area contributed by atoms with Gasteiger partial charge < -0.3 is 10.6 Å². The molecule has 0 aliphatic carbocycles. The van der Waals surface area contributed by atoms with Gasteiger partial charge in [-0.15, -0.1) is 0 Å². The molecule has 1 fully saturated rings. The molecule has 1 heterocycles. The third-order valence-electron chi connectivity index (χ3n) is 4.40. The van der Waals surface area contributed by atoms with Crippen molar-refractivity contribution in [2.24, 2.45) is 17.6 Å². The maximum Gasteiger partial charge on any atom is 0.0642 e. The molecule has 1 aliphatic rings. The van der Waals surface area contributed by atoms with Crippen LogP contribution in [0.4, 0.5) is 5.69 Å². The highest BCUT2D eigenvalue weighted by Crippen LogP contribution is 2.36. The number of hydrogen-bond donors (Lipinski definition) is 1. The first-order chi connectivity index (χ1) is 8.90. The van der Waals surface area contributed by atoms with Crippen molar-refractivity contribution >= 4 is 17.3 Å². The number of rotatable bonds is 2. The molecule has 3 unspecified atom stereocenters. The lowest BCUT2D eigenvalue weighted by atomic mass is 9.85. The topological polar surface area (TPSA) is 29.3 Å². The van der Waals surface area contributed by atoms with E-state index in [1.54, 1.807) is 0 Å². The van der Waals surface area contributed by atoms with Crippen LogP contribution in [0.5, 0.6) is 0 Å². The molecule has 2 nitrogen and oxygen atoms in total. The summed E-state index contributed by atoms with van der Waals surface area (Å²) in [6.45, 7) is 10.0. The molecule has 0 amide bonds. The van der Waals surface area contributed by atoms with Crippen LogP contribution >= 0.6 is 11.6 Å². The Balaban J connectivity index is 2.30. The minimum Gasteiger partial charge on any atom is -0.367 e. The molecule has 2 rings (SSSR count). The van der Waals surface area contributed by atoms with Crippen molar-refractivity contribution in [1.82, 2.24) is 0 Å². The van der Waals surface area contributed by atoms with E-state index in [0.29, 0.717) is 12.0 Å². The SMILES string of the molecule is CC1CC(C)C(C)N(c2ccc([C@@H](C)N)cc2Cl)C1. The monoisotopic (exact) mass is 280 g/mol. The van der Waals surface area contributed by atoms with Crippen LogP contribution in [0.15, 0.2) is 18.2 Å². The van der Waals surface area contributed by atoms with Gasteiger partial charge in [0.25, 0.3) is 0 Å². The minimum atomic E-state index is 0.0307. The van der Waals surface area contributed by atoms with Gasteiger partial charge in [0.2, 0.25) is 0 Å². The van der Waals surface area contributed by atoms with Gasteiger partial charge in [-0.3, -0.25) is 0 Å². The number of piperidine rings is 1. The molecule has 1 aromatic rings. The van der Waals surface area contributed by atoms with Crippen molar-refractivity contribution in [1.29, 1.82) is 0 Å². The van der Waals surface area contributed by atoms with Crippen molar-refractivity contribution < 1.29 is 0 Å². The molecule has 1 saturated heterocycles. The Morgan fingerprint density at radius 3 is 2.58 bits per heavy atom. The zero-order valence-electron chi connectivity index (χ0n) is 12.4. The molecule has 0 aromatic heterocycles. The Kier molecular flexibility index (Phi) is 4.42. The van der Waals surface area contributed by atoms with Gasteiger partial charge in [-0.05, 0) is 49.8 Å². The molecular formula is C16H25ClN2. The van der Waals surface area contributed by atoms with E-state index in [1.165, 1.54) is 6.42 Å². The number of benzene rings is 1. The van der Waals surface area contributed by atoms with E-state index >= 15 is 0 Å². The van der Waals surface area contributed by atoms with E-state index in [2.05, 4.69) is 37.8 Å². The summed E-state index contributed by atoms with van der Waals surface area (Å²) < 4.78 is 0. The summed E-state index contributed by atoms with van der Waals surface area (Å²) in [5, 5.41) is 0.822. The average molecular weight is 281 g/mol. The highest BCUT2D eigenvalue weighted by Gasteiger charge is 2.29. The molecule has 106 valence electrons. The summed E-state index contributed by atoms with van der Waals surface area (Å²) in [6.07, 6.45) is 1.30. The zero-order valence-corrected chi connectivity index (χ0v) is 13.1. The maximum absolute atomic E-state index is 6.47. The van der Waals surface area contributed by atoms with Crippen LogP contribution in [0.1, 0.15) is 45.7 Å². The second kappa shape index (κ2) is 5.72. The largest absolute Gasteiger partial charge is 0.367 e. The fraction of sp³-hybridized carbons (Fsp3) is 0.625. The van der Waals surface area contributed by atoms with Gasteiger partial charge in [0.1, 0.15) is 0 Å². The fourth-order valence-corrected chi connectivity index (χ4v) is 3.37. The summed E-state index contributed by atoms with van der Waals surface area (Å²) in [6, 6.07) is 6.81. The standard InChI is InChI=1S/C16H25ClN2/c1-10-7-11(2)13(4)19(9-10)16-6-5-14(12(3)18)8-15(16)17/h5-6,8,10-13H,7,9,18H2,1-4H3/t10?,11?,12-,13?/m1/s1. The van der Waals surface area contributed by atoms with Crippen molar-refractivity contribution in [3.63, 3.8) is 0 Å². The smallest absolute Gasteiger partial charge is 0.0642 e. The van der Waals surface area contributed by atoms with Gasteiger partial charge in [0, 0.05) is 18.6 Å². The highest BCUT2D eigenvalue weighted by molar-refractivity contribution is 6.33. The Hall–Kier alpha value is -0.730. The molecule has 0 bridgehead atoms. The lowest BCUT2D eigenvalue weighted by Gasteiger charge is -2.43. The number of halogens is 1. The molecule has 0 saturated carbocycles. The predicted octanol–water partition coefficient (Wildman–Crippen LogP) is 4.23. The van der Waals surface area contributed by atoms with E-state index in [1.807, 2.05) is 13.0 Å². The van der Waals surface area contributed by atoms with Crippen molar-refractivity contribution in [2.75, 3.05) is 11.4 Å². The normalized spacial score (nSPS) is 29.4. The van der Waals surface area contributed by atoms with E-state index < -0.39 is 0 Å². The minimum absolute atomic E-state index is 0.0307. The van der Waals surface area contributed by atoms with Crippen molar-refractivity contribution in [2.45, 2.75) is 46.2 Å². The van der Waals surface area contributed by atoms with Gasteiger partial charge in [-0.1, -0.05) is 31.5 Å². The summed E-state index contributed by atoms with van der Waals surface area (Å²) >= 11 is 6.47. The van der Waals surface area contributed by atoms with Gasteiger partial charge in [0.05, 0.1) is 10.7 Å². The number of nitrogens with two attached hydrogens (primary N) is 1. The quantitative estimate of drug-likeness (QED) is 0.878. The molecule has 0 radical (unpaired) electrons. The van der Waals surface area contributed by atoms with Gasteiger partial charge >= 0.3 is 0 Å². The van der Waals surface area contributed by atoms with Crippen molar-refractivity contribution in [3.05, 3.63) is 28.8 Å². The number of anilines is 1. The van der Waals surface area contributed by atoms with Crippen LogP contribution < -0.4 is 10.6 Å². The molecule has 1 aromatic carbocycles. The first-order valence-corrected chi connectivity index (χ1v) is 7.59. The average Bonchev–Trinajstić information content (AvgIpc) is 2.33. The van der Waals surface area contributed by atoms with E-state index in [4.69, 9.17) is 17.3 Å². The molecule has 3 heteroatoms. The van der Waals surface area contributed by atoms with Crippen LogP contribution in [0.25, 0.3) is 0 Å². The van der Waals surface area contributed by atoms with Crippen LogP contribution in [0, 0.1) is 11.8 Å². The summed E-state index contributed by atoms with van der Waals surface area (Å²) in [5.74, 6) is 1.42. The summed E-state index contributed by atoms with van der Waals surface area (Å²) in [7, 11) is 0. The number of nitrogens with zero attached hydrogens (tertiary/aromatic N) is 1. The first kappa shape index (κ1) is 14.7. The Labute approximate surface area is 121 Å². The van der Waals surface area contributed by atoms with Crippen LogP contribution in [0.3, 0.4) is 0 Å². The Morgan fingerprint density at radius 2 is 2.00 bits per heavy atom. The lowest BCUT2D eigenvalue weighted by Crippen LogP contribution is -2.46. The summed E-state index contributed by atoms with van der Waals surface area (Å²) in [4.78, 5) is 2.45. The van der Waals surface area contributed by atoms with Gasteiger partial charge in [0.15, 0.2) is 0 Å². The lowest BCUT2D eigenvalue weighted by molar-refractivity contribution is 0.297. The van der Waals surface area contributed by atoms with Crippen LogP contribution in [-0.4, -0.2) is 12.6 Å². The Bertz CT molecular complexity index is 444. The van der Waals surface area contributed by atoms with E-state index in [-0.39, 0.29) is 6.04 Å². The van der Waals surface area contributed by atoms with E-state index in [9.17, 15) is 0 Å². The predicted molar refractivity (Wildman–Crippen MR) is 83.8 cm³/mol. The molecule has 1 aliphatic heterocycles. The van der Waals surface area contributed by atoms with E-state index in [0.717, 1.165) is 28.7 Å². The molecule has 19 heavy (non-hydrogen) atoms. The van der Waals surface area contributed by atoms with Gasteiger partial charge in [-0.2, -0.15) is 0 Å². The number of hydrogen-bond acceptors (Lipinski definition) is 2. The van der Waals surface area contributed by atoms with Crippen molar-refractivity contribution in [3.8, 4) is 0 Å². The first-order valence-electron chi connectivity index (χ1n) is 7.21. The molecule has 2 N–H and O–H groups in total. The molecule has 0 spiro atoms. The second-order valence-electron chi connectivity index (χ2n) is 6.21. The zero-order chi connectivity index (χ0) is 14.2. The third kappa shape index (κ3) is 3.06. The third-order valence-corrected chi connectivity index (χ3v) is 4.71. The maximum atomic E-state index is 6.47. The van der Waals surface area contributed by atoms with Crippen LogP contribution in [0.2, 0.25) is 5.02 Å². The second-order valence-corrected chi connectivity index (χ2v) is 6.62. The Morgan fingerprint density at radius 1 is 1.32 bits per heavy atom. The fourth-order valence-electron chi connectivity index (χ4n) is 3.07. The molecular weight excluding hydrogens is 256 g/mol. The van der Waals surface area contributed by atoms with Gasteiger partial charge in [-0.25, -0.2) is 0 Å². The highest BCUT2D eigenvalue weighted by atomic mass is 35.5. The summed E-state index contributed by atoms with van der Waals surface area (Å²) in [5.41, 5.74) is 8.16. The van der Waals surface area contributed by atoms with Crippen LogP contribution in [-0.2, 0) is 0 Å². The molecule has 4 atom stereocenters.